The molecule has 3 nitrogen and oxygen atoms in total. The molecule has 0 saturated carbocycles. The number of halogens is 3. The number of rotatable bonds is 6. The summed E-state index contributed by atoms with van der Waals surface area (Å²) in [4.78, 5) is 23.8. The van der Waals surface area contributed by atoms with E-state index in [0.717, 1.165) is 12.1 Å². The lowest BCUT2D eigenvalue weighted by molar-refractivity contribution is -0.121. The summed E-state index contributed by atoms with van der Waals surface area (Å²) in [6, 6.07) is 7.95. The molecule has 6 heteroatoms. The Bertz CT molecular complexity index is 744. The van der Waals surface area contributed by atoms with Crippen LogP contribution in [0.5, 0.6) is 0 Å². The van der Waals surface area contributed by atoms with Crippen molar-refractivity contribution in [3.05, 3.63) is 71.0 Å². The maximum Gasteiger partial charge on any atom is 0.220 e. The molecule has 0 bridgehead atoms. The monoisotopic (exact) mass is 335 g/mol. The zero-order valence-electron chi connectivity index (χ0n) is 13.0. The second-order valence-electron chi connectivity index (χ2n) is 5.39. The molecule has 2 aromatic rings. The summed E-state index contributed by atoms with van der Waals surface area (Å²) < 4.78 is 38.9. The third-order valence-corrected chi connectivity index (χ3v) is 3.57. The summed E-state index contributed by atoms with van der Waals surface area (Å²) >= 11 is 0. The number of hydrogen-bond acceptors (Lipinski definition) is 2. The molecular weight excluding hydrogens is 319 g/mol. The van der Waals surface area contributed by atoms with Crippen LogP contribution in [0.3, 0.4) is 0 Å². The lowest BCUT2D eigenvalue weighted by Crippen LogP contribution is -2.27. The van der Waals surface area contributed by atoms with Crippen molar-refractivity contribution in [2.45, 2.75) is 25.8 Å². The summed E-state index contributed by atoms with van der Waals surface area (Å²) in [6.07, 6.45) is -0.0772. The van der Waals surface area contributed by atoms with Crippen molar-refractivity contribution >= 4 is 11.7 Å². The van der Waals surface area contributed by atoms with E-state index in [1.165, 1.54) is 30.3 Å². The number of amides is 1. The van der Waals surface area contributed by atoms with Gasteiger partial charge in [0.2, 0.25) is 5.91 Å². The topological polar surface area (TPSA) is 46.2 Å². The Kier molecular flexibility index (Phi) is 5.73. The predicted octanol–water partition coefficient (Wildman–Crippen LogP) is 3.94. The maximum absolute atomic E-state index is 13.2. The standard InChI is InChI=1S/C18H16F3NO2/c1-11(13-4-7-15(20)16(21)10-13)22-18(24)9-8-17(23)12-2-5-14(19)6-3-12/h2-7,10-11H,8-9H2,1H3,(H,22,24)/t11-/m1/s1. The largest absolute Gasteiger partial charge is 0.350 e. The molecule has 24 heavy (non-hydrogen) atoms. The lowest BCUT2D eigenvalue weighted by atomic mass is 10.1. The van der Waals surface area contributed by atoms with Gasteiger partial charge in [-0.05, 0) is 48.9 Å². The van der Waals surface area contributed by atoms with Gasteiger partial charge in [-0.3, -0.25) is 9.59 Å². The highest BCUT2D eigenvalue weighted by molar-refractivity contribution is 5.97. The fourth-order valence-corrected chi connectivity index (χ4v) is 2.19. The first-order valence-electron chi connectivity index (χ1n) is 7.40. The molecule has 0 spiro atoms. The highest BCUT2D eigenvalue weighted by Gasteiger charge is 2.14. The van der Waals surface area contributed by atoms with Crippen molar-refractivity contribution in [2.24, 2.45) is 0 Å². The Morgan fingerprint density at radius 2 is 1.62 bits per heavy atom. The molecular formula is C18H16F3NO2. The van der Waals surface area contributed by atoms with E-state index in [0.29, 0.717) is 11.1 Å². The van der Waals surface area contributed by atoms with E-state index in [-0.39, 0.29) is 24.5 Å². The zero-order chi connectivity index (χ0) is 17.7. The minimum atomic E-state index is -0.986. The van der Waals surface area contributed by atoms with Crippen LogP contribution in [0.4, 0.5) is 13.2 Å². The number of ketones is 1. The normalized spacial score (nSPS) is 11.8. The third-order valence-electron chi connectivity index (χ3n) is 3.57. The molecule has 0 unspecified atom stereocenters. The van der Waals surface area contributed by atoms with Gasteiger partial charge < -0.3 is 5.32 Å². The van der Waals surface area contributed by atoms with Crippen molar-refractivity contribution in [3.8, 4) is 0 Å². The van der Waals surface area contributed by atoms with E-state index >= 15 is 0 Å². The molecule has 0 fully saturated rings. The molecule has 0 aromatic heterocycles. The van der Waals surface area contributed by atoms with Crippen LogP contribution in [0.15, 0.2) is 42.5 Å². The lowest BCUT2D eigenvalue weighted by Gasteiger charge is -2.14. The Labute approximate surface area is 137 Å². The van der Waals surface area contributed by atoms with Crippen LogP contribution in [0.2, 0.25) is 0 Å². The number of Topliss-reactive ketones (excluding diaryl/α,β-unsaturated/α-hetero) is 1. The van der Waals surface area contributed by atoms with Crippen molar-refractivity contribution in [3.63, 3.8) is 0 Å². The van der Waals surface area contributed by atoms with Gasteiger partial charge in [0.25, 0.3) is 0 Å². The first-order chi connectivity index (χ1) is 11.4. The first kappa shape index (κ1) is 17.7. The van der Waals surface area contributed by atoms with Crippen LogP contribution in [-0.4, -0.2) is 11.7 Å². The Balaban J connectivity index is 1.87. The molecule has 0 saturated heterocycles. The summed E-state index contributed by atoms with van der Waals surface area (Å²) in [6.45, 7) is 1.63. The van der Waals surface area contributed by atoms with Gasteiger partial charge in [0.15, 0.2) is 17.4 Å². The van der Waals surface area contributed by atoms with Crippen molar-refractivity contribution in [1.29, 1.82) is 0 Å². The van der Waals surface area contributed by atoms with Crippen LogP contribution in [0.25, 0.3) is 0 Å². The molecule has 0 radical (unpaired) electrons. The molecule has 1 amide bonds. The Morgan fingerprint density at radius 1 is 0.958 bits per heavy atom. The summed E-state index contributed by atoms with van der Waals surface area (Å²) in [5, 5.41) is 2.62. The van der Waals surface area contributed by atoms with Crippen LogP contribution >= 0.6 is 0 Å². The van der Waals surface area contributed by atoms with Gasteiger partial charge in [0.05, 0.1) is 6.04 Å². The van der Waals surface area contributed by atoms with Gasteiger partial charge in [0, 0.05) is 18.4 Å². The number of nitrogens with one attached hydrogen (secondary N) is 1. The number of carbonyl (C=O) groups excluding carboxylic acids is 2. The van der Waals surface area contributed by atoms with Gasteiger partial charge in [-0.15, -0.1) is 0 Å². The third kappa shape index (κ3) is 4.68. The fourth-order valence-electron chi connectivity index (χ4n) is 2.19. The van der Waals surface area contributed by atoms with Crippen molar-refractivity contribution in [1.82, 2.24) is 5.32 Å². The molecule has 0 aliphatic carbocycles. The molecule has 1 atom stereocenters. The van der Waals surface area contributed by atoms with E-state index in [2.05, 4.69) is 5.32 Å². The fraction of sp³-hybridized carbons (Fsp3) is 0.222. The highest BCUT2D eigenvalue weighted by atomic mass is 19.2. The van der Waals surface area contributed by atoms with E-state index in [4.69, 9.17) is 0 Å². The van der Waals surface area contributed by atoms with E-state index in [9.17, 15) is 22.8 Å². The number of carbonyl (C=O) groups is 2. The van der Waals surface area contributed by atoms with Crippen LogP contribution < -0.4 is 5.32 Å². The van der Waals surface area contributed by atoms with E-state index in [1.54, 1.807) is 6.92 Å². The molecule has 1 N–H and O–H groups in total. The Morgan fingerprint density at radius 3 is 2.25 bits per heavy atom. The number of benzene rings is 2. The summed E-state index contributed by atoms with van der Waals surface area (Å²) in [5.74, 6) is -3.04. The maximum atomic E-state index is 13.2. The predicted molar refractivity (Wildman–Crippen MR) is 82.9 cm³/mol. The quantitative estimate of drug-likeness (QED) is 0.813. The van der Waals surface area contributed by atoms with E-state index < -0.39 is 23.5 Å². The molecule has 126 valence electrons. The zero-order valence-corrected chi connectivity index (χ0v) is 13.0. The van der Waals surface area contributed by atoms with E-state index in [1.807, 2.05) is 0 Å². The van der Waals surface area contributed by atoms with Gasteiger partial charge in [-0.25, -0.2) is 13.2 Å². The highest BCUT2D eigenvalue weighted by Crippen LogP contribution is 2.16. The van der Waals surface area contributed by atoms with Gasteiger partial charge in [-0.2, -0.15) is 0 Å². The average Bonchev–Trinajstić information content (AvgIpc) is 2.55. The molecule has 0 heterocycles. The smallest absolute Gasteiger partial charge is 0.220 e. The molecule has 2 rings (SSSR count). The van der Waals surface area contributed by atoms with Crippen molar-refractivity contribution in [2.75, 3.05) is 0 Å². The van der Waals surface area contributed by atoms with Gasteiger partial charge >= 0.3 is 0 Å². The average molecular weight is 335 g/mol. The minimum absolute atomic E-state index is 0.0258. The molecule has 0 aliphatic rings. The van der Waals surface area contributed by atoms with Crippen molar-refractivity contribution < 1.29 is 22.8 Å². The Hall–Kier alpha value is -2.63. The van der Waals surface area contributed by atoms with Crippen LogP contribution in [0.1, 0.15) is 41.7 Å². The second-order valence-corrected chi connectivity index (χ2v) is 5.39. The van der Waals surface area contributed by atoms with Crippen LogP contribution in [-0.2, 0) is 4.79 Å². The SMILES string of the molecule is C[C@@H](NC(=O)CCC(=O)c1ccc(F)cc1)c1ccc(F)c(F)c1. The second kappa shape index (κ2) is 7.77. The van der Waals surface area contributed by atoms with Gasteiger partial charge in [0.1, 0.15) is 5.82 Å². The minimum Gasteiger partial charge on any atom is -0.350 e. The first-order valence-corrected chi connectivity index (χ1v) is 7.40. The summed E-state index contributed by atoms with van der Waals surface area (Å²) in [5.41, 5.74) is 0.755. The molecule has 2 aromatic carbocycles. The molecule has 0 aliphatic heterocycles. The summed E-state index contributed by atoms with van der Waals surface area (Å²) in [7, 11) is 0. The van der Waals surface area contributed by atoms with Gasteiger partial charge in [-0.1, -0.05) is 6.07 Å². The van der Waals surface area contributed by atoms with Crippen LogP contribution in [0, 0.1) is 17.5 Å². The number of hydrogen-bond donors (Lipinski definition) is 1.